The lowest BCUT2D eigenvalue weighted by Gasteiger charge is -2.14. The second-order valence-corrected chi connectivity index (χ2v) is 4.54. The van der Waals surface area contributed by atoms with E-state index in [0.717, 1.165) is 18.6 Å². The van der Waals surface area contributed by atoms with E-state index in [1.54, 1.807) is 0 Å². The first kappa shape index (κ1) is 16.8. The third kappa shape index (κ3) is 4.58. The van der Waals surface area contributed by atoms with Crippen LogP contribution in [0.1, 0.15) is 38.3 Å². The smallest absolute Gasteiger partial charge is 0.269 e. The molecule has 2 N–H and O–H groups in total. The summed E-state index contributed by atoms with van der Waals surface area (Å²) in [4.78, 5) is 10.1. The van der Waals surface area contributed by atoms with Gasteiger partial charge in [0, 0.05) is 23.7 Å². The predicted octanol–water partition coefficient (Wildman–Crippen LogP) is 3.59. The van der Waals surface area contributed by atoms with Crippen molar-refractivity contribution in [1.29, 1.82) is 0 Å². The van der Waals surface area contributed by atoms with E-state index in [-0.39, 0.29) is 23.7 Å². The topological polar surface area (TPSA) is 69.2 Å². The van der Waals surface area contributed by atoms with Gasteiger partial charge < -0.3 is 5.73 Å². The van der Waals surface area contributed by atoms with Crippen molar-refractivity contribution < 1.29 is 9.31 Å². The largest absolute Gasteiger partial charge is 0.324 e. The van der Waals surface area contributed by atoms with E-state index >= 15 is 0 Å². The molecule has 0 heterocycles. The Labute approximate surface area is 112 Å². The van der Waals surface area contributed by atoms with Gasteiger partial charge in [-0.15, -0.1) is 12.4 Å². The Morgan fingerprint density at radius 3 is 2.50 bits per heavy atom. The Morgan fingerprint density at radius 2 is 2.00 bits per heavy atom. The van der Waals surface area contributed by atoms with Crippen molar-refractivity contribution in [2.24, 2.45) is 11.7 Å². The number of nitrogens with zero attached hydrogens (tertiary/aromatic N) is 1. The first-order valence-corrected chi connectivity index (χ1v) is 5.61. The molecule has 0 saturated carbocycles. The summed E-state index contributed by atoms with van der Waals surface area (Å²) in [5.74, 6) is -0.00494. The molecule has 1 atom stereocenters. The maximum absolute atomic E-state index is 13.5. The zero-order valence-corrected chi connectivity index (χ0v) is 11.2. The van der Waals surface area contributed by atoms with Crippen LogP contribution >= 0.6 is 12.4 Å². The highest BCUT2D eigenvalue weighted by atomic mass is 35.5. The summed E-state index contributed by atoms with van der Waals surface area (Å²) in [6.45, 7) is 4.10. The Kier molecular flexibility index (Phi) is 6.80. The molecule has 0 aliphatic rings. The minimum atomic E-state index is -0.544. The van der Waals surface area contributed by atoms with E-state index in [0.29, 0.717) is 12.3 Å². The molecular formula is C12H18ClFN2O2. The highest BCUT2D eigenvalue weighted by molar-refractivity contribution is 5.85. The number of hydrogen-bond acceptors (Lipinski definition) is 3. The molecule has 1 rings (SSSR count). The molecule has 102 valence electrons. The summed E-state index contributed by atoms with van der Waals surface area (Å²) >= 11 is 0. The summed E-state index contributed by atoms with van der Waals surface area (Å²) in [5.41, 5.74) is 5.95. The van der Waals surface area contributed by atoms with Crippen molar-refractivity contribution in [2.75, 3.05) is 0 Å². The number of benzene rings is 1. The summed E-state index contributed by atoms with van der Waals surface area (Å²) in [6.07, 6.45) is 1.49. The normalized spacial score (nSPS) is 12.1. The quantitative estimate of drug-likeness (QED) is 0.660. The van der Waals surface area contributed by atoms with Gasteiger partial charge in [0.15, 0.2) is 0 Å². The molecule has 0 radical (unpaired) electrons. The average molecular weight is 277 g/mol. The van der Waals surface area contributed by atoms with Crippen molar-refractivity contribution in [2.45, 2.75) is 32.7 Å². The molecule has 0 fully saturated rings. The minimum Gasteiger partial charge on any atom is -0.324 e. The molecule has 1 aromatic carbocycles. The number of nitro benzene ring substituents is 1. The zero-order chi connectivity index (χ0) is 13.0. The molecular weight excluding hydrogens is 259 g/mol. The minimum absolute atomic E-state index is 0. The van der Waals surface area contributed by atoms with Crippen LogP contribution in [0.5, 0.6) is 0 Å². The van der Waals surface area contributed by atoms with Crippen molar-refractivity contribution in [1.82, 2.24) is 0 Å². The molecule has 18 heavy (non-hydrogen) atoms. The van der Waals surface area contributed by atoms with Gasteiger partial charge in [-0.3, -0.25) is 10.1 Å². The van der Waals surface area contributed by atoms with E-state index < -0.39 is 16.8 Å². The molecule has 1 aromatic rings. The number of hydrogen-bond donors (Lipinski definition) is 1. The van der Waals surface area contributed by atoms with Gasteiger partial charge in [-0.25, -0.2) is 4.39 Å². The third-order valence-electron chi connectivity index (χ3n) is 2.64. The van der Waals surface area contributed by atoms with Gasteiger partial charge in [0.1, 0.15) is 5.82 Å². The Bertz CT molecular complexity index is 413. The average Bonchev–Trinajstić information content (AvgIpc) is 2.26. The summed E-state index contributed by atoms with van der Waals surface area (Å²) < 4.78 is 13.5. The maximum atomic E-state index is 13.5. The van der Waals surface area contributed by atoms with Crippen LogP contribution in [0.2, 0.25) is 0 Å². The molecule has 0 aliphatic heterocycles. The molecule has 6 heteroatoms. The van der Waals surface area contributed by atoms with Crippen LogP contribution in [-0.2, 0) is 0 Å². The van der Waals surface area contributed by atoms with Gasteiger partial charge >= 0.3 is 0 Å². The van der Waals surface area contributed by atoms with Crippen LogP contribution < -0.4 is 5.73 Å². The van der Waals surface area contributed by atoms with Crippen LogP contribution in [0.4, 0.5) is 10.1 Å². The fourth-order valence-electron chi connectivity index (χ4n) is 1.60. The fourth-order valence-corrected chi connectivity index (χ4v) is 1.60. The highest BCUT2D eigenvalue weighted by Gasteiger charge is 2.16. The van der Waals surface area contributed by atoms with E-state index in [2.05, 4.69) is 13.8 Å². The summed E-state index contributed by atoms with van der Waals surface area (Å²) in [7, 11) is 0. The number of non-ortho nitro benzene ring substituents is 1. The van der Waals surface area contributed by atoms with Gasteiger partial charge in [-0.1, -0.05) is 13.8 Å². The fraction of sp³-hybridized carbons (Fsp3) is 0.500. The predicted molar refractivity (Wildman–Crippen MR) is 71.3 cm³/mol. The lowest BCUT2D eigenvalue weighted by Crippen LogP contribution is -2.13. The summed E-state index contributed by atoms with van der Waals surface area (Å²) in [5, 5.41) is 10.6. The van der Waals surface area contributed by atoms with Gasteiger partial charge in [-0.2, -0.15) is 0 Å². The second kappa shape index (κ2) is 7.28. The lowest BCUT2D eigenvalue weighted by atomic mass is 9.97. The molecule has 0 saturated heterocycles. The number of halogens is 2. The van der Waals surface area contributed by atoms with Crippen LogP contribution in [0.3, 0.4) is 0 Å². The lowest BCUT2D eigenvalue weighted by molar-refractivity contribution is -0.385. The van der Waals surface area contributed by atoms with Gasteiger partial charge in [0.25, 0.3) is 5.69 Å². The molecule has 0 aliphatic carbocycles. The second-order valence-electron chi connectivity index (χ2n) is 4.54. The van der Waals surface area contributed by atoms with Crippen LogP contribution in [-0.4, -0.2) is 4.92 Å². The van der Waals surface area contributed by atoms with E-state index in [4.69, 9.17) is 5.73 Å². The van der Waals surface area contributed by atoms with E-state index in [1.165, 1.54) is 6.07 Å². The first-order valence-electron chi connectivity index (χ1n) is 5.61. The SMILES string of the molecule is CC(C)CC[C@@H](N)c1cc([N+](=O)[O-])ccc1F.Cl. The monoisotopic (exact) mass is 276 g/mol. The van der Waals surface area contributed by atoms with Crippen molar-refractivity contribution in [3.05, 3.63) is 39.7 Å². The number of nitro groups is 1. The molecule has 4 nitrogen and oxygen atoms in total. The zero-order valence-electron chi connectivity index (χ0n) is 10.4. The molecule has 0 bridgehead atoms. The summed E-state index contributed by atoms with van der Waals surface area (Å²) in [6, 6.07) is 2.98. The Hall–Kier alpha value is -1.20. The van der Waals surface area contributed by atoms with Gasteiger partial charge in [0.2, 0.25) is 0 Å². The van der Waals surface area contributed by atoms with Crippen molar-refractivity contribution in [3.63, 3.8) is 0 Å². The van der Waals surface area contributed by atoms with Crippen LogP contribution in [0.15, 0.2) is 18.2 Å². The Balaban J connectivity index is 0.00000289. The van der Waals surface area contributed by atoms with Crippen LogP contribution in [0.25, 0.3) is 0 Å². The molecule has 0 aromatic heterocycles. The standard InChI is InChI=1S/C12H17FN2O2.ClH/c1-8(2)3-6-12(14)10-7-9(15(16)17)4-5-11(10)13;/h4-5,7-8,12H,3,6,14H2,1-2H3;1H/t12-;/m1./s1. The van der Waals surface area contributed by atoms with Crippen molar-refractivity contribution >= 4 is 18.1 Å². The van der Waals surface area contributed by atoms with Gasteiger partial charge in [0.05, 0.1) is 4.92 Å². The molecule has 0 spiro atoms. The Morgan fingerprint density at radius 1 is 1.39 bits per heavy atom. The number of nitrogens with two attached hydrogens (primary N) is 1. The van der Waals surface area contributed by atoms with Gasteiger partial charge in [-0.05, 0) is 24.8 Å². The maximum Gasteiger partial charge on any atom is 0.269 e. The molecule has 0 unspecified atom stereocenters. The first-order chi connectivity index (χ1) is 7.91. The third-order valence-corrected chi connectivity index (χ3v) is 2.64. The molecule has 0 amide bonds. The van der Waals surface area contributed by atoms with E-state index in [9.17, 15) is 14.5 Å². The van der Waals surface area contributed by atoms with E-state index in [1.807, 2.05) is 0 Å². The highest BCUT2D eigenvalue weighted by Crippen LogP contribution is 2.25. The van der Waals surface area contributed by atoms with Crippen LogP contribution in [0, 0.1) is 21.8 Å². The van der Waals surface area contributed by atoms with Crippen molar-refractivity contribution in [3.8, 4) is 0 Å². The number of rotatable bonds is 5.